The van der Waals surface area contributed by atoms with Gasteiger partial charge in [0.05, 0.1) is 18.6 Å². The number of benzene rings is 2. The van der Waals surface area contributed by atoms with Crippen LogP contribution in [-0.2, 0) is 20.9 Å². The molecule has 36 heavy (non-hydrogen) atoms. The van der Waals surface area contributed by atoms with Gasteiger partial charge in [-0.15, -0.1) is 11.3 Å². The molecule has 0 fully saturated rings. The van der Waals surface area contributed by atoms with E-state index in [1.807, 2.05) is 29.6 Å². The number of dihydropyridines is 1. The van der Waals surface area contributed by atoms with Gasteiger partial charge in [-0.05, 0) is 48.6 Å². The average Bonchev–Trinajstić information content (AvgIpc) is 3.42. The minimum absolute atomic E-state index is 0.0455. The van der Waals surface area contributed by atoms with E-state index >= 15 is 4.39 Å². The quantitative estimate of drug-likeness (QED) is 0.418. The zero-order chi connectivity index (χ0) is 25.2. The summed E-state index contributed by atoms with van der Waals surface area (Å²) < 4.78 is 25.9. The first kappa shape index (κ1) is 24.0. The molecule has 7 heteroatoms. The fourth-order valence-electron chi connectivity index (χ4n) is 5.00. The van der Waals surface area contributed by atoms with Crippen LogP contribution in [-0.4, -0.2) is 18.9 Å². The summed E-state index contributed by atoms with van der Waals surface area (Å²) in [5.41, 5.74) is 3.12. The molecule has 2 aromatic carbocycles. The number of carbonyl (C=O) groups is 2. The highest BCUT2D eigenvalue weighted by Gasteiger charge is 2.42. The van der Waals surface area contributed by atoms with Crippen molar-refractivity contribution in [3.8, 4) is 5.75 Å². The number of hydrogen-bond donors (Lipinski definition) is 1. The lowest BCUT2D eigenvalue weighted by Gasteiger charge is -2.36. The number of ketones is 1. The number of halogens is 1. The fourth-order valence-corrected chi connectivity index (χ4v) is 5.83. The Labute approximate surface area is 213 Å². The minimum Gasteiger partial charge on any atom is -0.497 e. The molecule has 0 spiro atoms. The first-order valence-electron chi connectivity index (χ1n) is 11.8. The summed E-state index contributed by atoms with van der Waals surface area (Å²) in [6.45, 7) is 1.82. The van der Waals surface area contributed by atoms with Crippen molar-refractivity contribution in [2.75, 3.05) is 7.11 Å². The van der Waals surface area contributed by atoms with Crippen LogP contribution in [0.15, 0.2) is 88.6 Å². The lowest BCUT2D eigenvalue weighted by atomic mass is 9.72. The molecule has 0 bridgehead atoms. The van der Waals surface area contributed by atoms with E-state index in [0.717, 1.165) is 16.1 Å². The SMILES string of the molecule is COc1ccc(COC(=O)C2=C(C)NC3=C(C(=O)CC(c4cccs4)C3)C2c2ccccc2F)cc1. The monoisotopic (exact) mass is 503 g/mol. The van der Waals surface area contributed by atoms with Crippen molar-refractivity contribution in [2.24, 2.45) is 0 Å². The molecular weight excluding hydrogens is 477 g/mol. The van der Waals surface area contributed by atoms with Gasteiger partial charge in [-0.1, -0.05) is 36.4 Å². The molecule has 1 aromatic heterocycles. The molecule has 2 heterocycles. The molecule has 5 nitrogen and oxygen atoms in total. The maximum atomic E-state index is 15.1. The van der Waals surface area contributed by atoms with Crippen LogP contribution in [0.25, 0.3) is 0 Å². The third-order valence-corrected chi connectivity index (χ3v) is 7.77. The predicted molar refractivity (Wildman–Crippen MR) is 136 cm³/mol. The fraction of sp³-hybridized carbons (Fsp3) is 0.241. The molecule has 2 aliphatic rings. The third-order valence-electron chi connectivity index (χ3n) is 6.74. The number of thiophene rings is 1. The molecule has 2 unspecified atom stereocenters. The average molecular weight is 504 g/mol. The van der Waals surface area contributed by atoms with E-state index in [-0.39, 0.29) is 23.9 Å². The van der Waals surface area contributed by atoms with Crippen molar-refractivity contribution in [1.29, 1.82) is 0 Å². The Morgan fingerprint density at radius 1 is 1.08 bits per heavy atom. The second-order valence-corrected chi connectivity index (χ2v) is 9.96. The van der Waals surface area contributed by atoms with Crippen LogP contribution in [0.4, 0.5) is 4.39 Å². The van der Waals surface area contributed by atoms with Gasteiger partial charge in [0.15, 0.2) is 5.78 Å². The summed E-state index contributed by atoms with van der Waals surface area (Å²) >= 11 is 1.63. The highest BCUT2D eigenvalue weighted by atomic mass is 32.1. The number of rotatable bonds is 6. The van der Waals surface area contributed by atoms with Crippen LogP contribution in [0.5, 0.6) is 5.75 Å². The standard InChI is InChI=1S/C29H26FNO4S/c1-17-26(29(33)35-16-18-9-11-20(34-2)12-10-18)27(21-6-3-4-7-22(21)30)28-23(31-17)14-19(15-24(28)32)25-8-5-13-36-25/h3-13,19,27,31H,14-16H2,1-2H3. The van der Waals surface area contributed by atoms with E-state index in [9.17, 15) is 9.59 Å². The summed E-state index contributed by atoms with van der Waals surface area (Å²) in [5, 5.41) is 5.31. The van der Waals surface area contributed by atoms with E-state index in [4.69, 9.17) is 9.47 Å². The van der Waals surface area contributed by atoms with Gasteiger partial charge < -0.3 is 14.8 Å². The molecule has 1 aliphatic heterocycles. The molecule has 0 saturated heterocycles. The molecular formula is C29H26FNO4S. The first-order valence-corrected chi connectivity index (χ1v) is 12.7. The Balaban J connectivity index is 1.49. The second-order valence-electron chi connectivity index (χ2n) is 8.98. The van der Waals surface area contributed by atoms with Crippen molar-refractivity contribution in [2.45, 2.75) is 38.2 Å². The van der Waals surface area contributed by atoms with Gasteiger partial charge in [0.25, 0.3) is 0 Å². The van der Waals surface area contributed by atoms with Crippen LogP contribution in [0.3, 0.4) is 0 Å². The topological polar surface area (TPSA) is 64.6 Å². The van der Waals surface area contributed by atoms with Gasteiger partial charge in [-0.25, -0.2) is 9.18 Å². The number of ether oxygens (including phenoxy) is 2. The Morgan fingerprint density at radius 3 is 2.56 bits per heavy atom. The van der Waals surface area contributed by atoms with Crippen molar-refractivity contribution in [3.05, 3.63) is 110 Å². The van der Waals surface area contributed by atoms with Crippen molar-refractivity contribution >= 4 is 23.1 Å². The predicted octanol–water partition coefficient (Wildman–Crippen LogP) is 6.00. The molecule has 0 amide bonds. The van der Waals surface area contributed by atoms with Gasteiger partial charge in [-0.2, -0.15) is 0 Å². The van der Waals surface area contributed by atoms with Gasteiger partial charge in [0.1, 0.15) is 18.2 Å². The Hall–Kier alpha value is -3.71. The van der Waals surface area contributed by atoms with Crippen LogP contribution in [0.2, 0.25) is 0 Å². The molecule has 0 radical (unpaired) electrons. The van der Waals surface area contributed by atoms with Crippen molar-refractivity contribution < 1.29 is 23.5 Å². The van der Waals surface area contributed by atoms with Crippen LogP contribution >= 0.6 is 11.3 Å². The molecule has 2 atom stereocenters. The number of allylic oxidation sites excluding steroid dienone is 3. The van der Waals surface area contributed by atoms with Gasteiger partial charge in [0, 0.05) is 39.7 Å². The van der Waals surface area contributed by atoms with E-state index < -0.39 is 17.7 Å². The molecule has 0 saturated carbocycles. The third kappa shape index (κ3) is 4.58. The zero-order valence-corrected chi connectivity index (χ0v) is 20.9. The number of carbonyl (C=O) groups excluding carboxylic acids is 2. The smallest absolute Gasteiger partial charge is 0.337 e. The highest BCUT2D eigenvalue weighted by molar-refractivity contribution is 7.10. The summed E-state index contributed by atoms with van der Waals surface area (Å²) in [7, 11) is 1.58. The van der Waals surface area contributed by atoms with Crippen LogP contribution in [0.1, 0.15) is 47.6 Å². The second kappa shape index (κ2) is 10.1. The summed E-state index contributed by atoms with van der Waals surface area (Å²) in [4.78, 5) is 28.1. The summed E-state index contributed by atoms with van der Waals surface area (Å²) in [6, 6.07) is 17.5. The minimum atomic E-state index is -0.831. The normalized spacial score (nSPS) is 19.6. The molecule has 1 aliphatic carbocycles. The lowest BCUT2D eigenvalue weighted by molar-refractivity contribution is -0.140. The number of Topliss-reactive ketones (excluding diaryl/α,β-unsaturated/α-hetero) is 1. The number of methoxy groups -OCH3 is 1. The van der Waals surface area contributed by atoms with E-state index in [0.29, 0.717) is 35.4 Å². The Bertz CT molecular complexity index is 1360. The van der Waals surface area contributed by atoms with Gasteiger partial charge in [0.2, 0.25) is 0 Å². The number of esters is 1. The van der Waals surface area contributed by atoms with Crippen molar-refractivity contribution in [1.82, 2.24) is 5.32 Å². The molecule has 184 valence electrons. The molecule has 1 N–H and O–H groups in total. The first-order chi connectivity index (χ1) is 17.5. The van der Waals surface area contributed by atoms with Crippen LogP contribution < -0.4 is 10.1 Å². The summed E-state index contributed by atoms with van der Waals surface area (Å²) in [6.07, 6.45) is 0.942. The summed E-state index contributed by atoms with van der Waals surface area (Å²) in [5.74, 6) is -1.19. The van der Waals surface area contributed by atoms with Crippen molar-refractivity contribution in [3.63, 3.8) is 0 Å². The van der Waals surface area contributed by atoms with Crippen LogP contribution in [0, 0.1) is 5.82 Å². The maximum Gasteiger partial charge on any atom is 0.337 e. The largest absolute Gasteiger partial charge is 0.497 e. The Morgan fingerprint density at radius 2 is 1.86 bits per heavy atom. The molecule has 5 rings (SSSR count). The maximum absolute atomic E-state index is 15.1. The molecule has 3 aromatic rings. The lowest BCUT2D eigenvalue weighted by Crippen LogP contribution is -2.36. The van der Waals surface area contributed by atoms with E-state index in [1.165, 1.54) is 6.07 Å². The van der Waals surface area contributed by atoms with E-state index in [2.05, 4.69) is 5.32 Å². The number of nitrogens with one attached hydrogen (secondary N) is 1. The Kier molecular flexibility index (Phi) is 6.74. The van der Waals surface area contributed by atoms with E-state index in [1.54, 1.807) is 55.7 Å². The highest BCUT2D eigenvalue weighted by Crippen LogP contribution is 2.46. The number of hydrogen-bond acceptors (Lipinski definition) is 6. The van der Waals surface area contributed by atoms with Gasteiger partial charge in [-0.3, -0.25) is 4.79 Å². The van der Waals surface area contributed by atoms with Gasteiger partial charge >= 0.3 is 5.97 Å². The zero-order valence-electron chi connectivity index (χ0n) is 20.0.